The third kappa shape index (κ3) is 9.02. The highest BCUT2D eigenvalue weighted by atomic mass is 16.4. The number of aliphatic hydroxyl groups excluding tert-OH is 6. The lowest BCUT2D eigenvalue weighted by Crippen LogP contribution is -2.50. The maximum Gasteiger partial charge on any atom is 0.113 e. The number of hydrogen-bond acceptors (Lipinski definition) is 6. The van der Waals surface area contributed by atoms with Gasteiger partial charge in [-0.2, -0.15) is 0 Å². The van der Waals surface area contributed by atoms with Crippen LogP contribution in [0.1, 0.15) is 48.9 Å². The van der Waals surface area contributed by atoms with Crippen LogP contribution in [-0.2, 0) is 25.7 Å². The van der Waals surface area contributed by atoms with E-state index in [0.29, 0.717) is 12.0 Å². The first-order valence-electron chi connectivity index (χ1n) is 12.4. The summed E-state index contributed by atoms with van der Waals surface area (Å²) in [6.07, 6.45) is -2.01. The van der Waals surface area contributed by atoms with E-state index in [-0.39, 0.29) is 6.42 Å². The molecule has 0 heterocycles. The minimum absolute atomic E-state index is 0.285. The quantitative estimate of drug-likeness (QED) is 0.229. The molecule has 0 radical (unpaired) electrons. The molecule has 0 saturated heterocycles. The van der Waals surface area contributed by atoms with Gasteiger partial charge in [-0.15, -0.1) is 5.73 Å². The van der Waals surface area contributed by atoms with E-state index in [2.05, 4.69) is 31.7 Å². The van der Waals surface area contributed by atoms with Gasteiger partial charge in [0.2, 0.25) is 0 Å². The highest BCUT2D eigenvalue weighted by molar-refractivity contribution is 5.30. The molecule has 35 heavy (non-hydrogen) atoms. The third-order valence-corrected chi connectivity index (χ3v) is 6.04. The Balaban J connectivity index is 2.33. The lowest BCUT2D eigenvalue weighted by molar-refractivity contribution is -0.134. The predicted octanol–water partition coefficient (Wildman–Crippen LogP) is 2.26. The number of aliphatic hydroxyl groups is 6. The van der Waals surface area contributed by atoms with Crippen LogP contribution in [0.5, 0.6) is 0 Å². The van der Waals surface area contributed by atoms with Crippen molar-refractivity contribution in [3.8, 4) is 0 Å². The second-order valence-electron chi connectivity index (χ2n) is 9.06. The third-order valence-electron chi connectivity index (χ3n) is 6.04. The molecule has 0 aliphatic rings. The highest BCUT2D eigenvalue weighted by Gasteiger charge is 2.35. The first kappa shape index (κ1) is 29.0. The average Bonchev–Trinajstić information content (AvgIpc) is 2.86. The molecule has 0 bridgehead atoms. The van der Waals surface area contributed by atoms with Crippen LogP contribution in [0.4, 0.5) is 0 Å². The molecule has 0 saturated carbocycles. The molecular formula is C29H40O6. The largest absolute Gasteiger partial charge is 0.394 e. The van der Waals surface area contributed by atoms with Gasteiger partial charge in [0.15, 0.2) is 0 Å². The normalized spacial score (nSPS) is 15.5. The monoisotopic (exact) mass is 484 g/mol. The van der Waals surface area contributed by atoms with Crippen molar-refractivity contribution in [1.82, 2.24) is 0 Å². The van der Waals surface area contributed by atoms with Crippen LogP contribution >= 0.6 is 0 Å². The van der Waals surface area contributed by atoms with Crippen molar-refractivity contribution in [3.05, 3.63) is 88.2 Å². The topological polar surface area (TPSA) is 121 Å². The van der Waals surface area contributed by atoms with Crippen molar-refractivity contribution in [1.29, 1.82) is 0 Å². The SMILES string of the molecule is CCCc1cccc(CC=C=C(Cc2cccc(CCC)c2)C(O)[C@@H](O)[C@@H](O)[C@H](O)[C@@H](O)CO)c1. The molecule has 0 aromatic heterocycles. The Morgan fingerprint density at radius 3 is 1.89 bits per heavy atom. The van der Waals surface area contributed by atoms with Crippen molar-refractivity contribution < 1.29 is 30.6 Å². The molecule has 0 fully saturated rings. The van der Waals surface area contributed by atoms with Gasteiger partial charge in [0.25, 0.3) is 0 Å². The molecule has 2 aromatic rings. The summed E-state index contributed by atoms with van der Waals surface area (Å²) in [4.78, 5) is 0. The lowest BCUT2D eigenvalue weighted by atomic mass is 9.91. The summed E-state index contributed by atoms with van der Waals surface area (Å²) in [6, 6.07) is 16.2. The van der Waals surface area contributed by atoms with Gasteiger partial charge in [-0.05, 0) is 47.6 Å². The van der Waals surface area contributed by atoms with Crippen LogP contribution in [0.2, 0.25) is 0 Å². The Labute approximate surface area is 208 Å². The van der Waals surface area contributed by atoms with E-state index in [1.54, 1.807) is 6.08 Å². The zero-order chi connectivity index (χ0) is 25.8. The number of aryl methyl sites for hydroxylation is 2. The first-order chi connectivity index (χ1) is 16.8. The lowest BCUT2D eigenvalue weighted by Gasteiger charge is -2.29. The van der Waals surface area contributed by atoms with Gasteiger partial charge in [-0.25, -0.2) is 0 Å². The maximum atomic E-state index is 10.9. The molecule has 1 unspecified atom stereocenters. The van der Waals surface area contributed by atoms with Crippen LogP contribution in [0.25, 0.3) is 0 Å². The van der Waals surface area contributed by atoms with Crippen LogP contribution < -0.4 is 0 Å². The van der Waals surface area contributed by atoms with E-state index in [1.807, 2.05) is 36.4 Å². The van der Waals surface area contributed by atoms with Gasteiger partial charge in [0, 0.05) is 12.0 Å². The zero-order valence-electron chi connectivity index (χ0n) is 20.7. The second kappa shape index (κ2) is 15.0. The summed E-state index contributed by atoms with van der Waals surface area (Å²) >= 11 is 0. The standard InChI is InChI=1S/C29H40O6/c1-3-8-20-10-5-12-22(16-20)13-7-15-24(18-23-14-6-11-21(17-23)9-4-2)26(32)28(34)29(35)27(33)25(31)19-30/h5-7,10-12,14,16-17,25-35H,3-4,8-9,13,18-19H2,1-2H3/t15?,25-,26?,27+,28+,29-/m0/s1. The van der Waals surface area contributed by atoms with Gasteiger partial charge in [0.05, 0.1) is 6.61 Å². The van der Waals surface area contributed by atoms with E-state index in [1.165, 1.54) is 5.56 Å². The molecule has 6 heteroatoms. The summed E-state index contributed by atoms with van der Waals surface area (Å²) in [5.74, 6) is 0. The van der Waals surface area contributed by atoms with Gasteiger partial charge in [-0.3, -0.25) is 0 Å². The summed E-state index contributed by atoms with van der Waals surface area (Å²) in [5, 5.41) is 60.4. The minimum Gasteiger partial charge on any atom is -0.394 e. The molecule has 192 valence electrons. The molecule has 0 spiro atoms. The number of benzene rings is 2. The van der Waals surface area contributed by atoms with Crippen LogP contribution in [0.15, 0.2) is 65.9 Å². The van der Waals surface area contributed by atoms with Gasteiger partial charge < -0.3 is 30.6 Å². The van der Waals surface area contributed by atoms with E-state index >= 15 is 0 Å². The van der Waals surface area contributed by atoms with Gasteiger partial charge in [0.1, 0.15) is 30.5 Å². The Bertz CT molecular complexity index is 965. The Morgan fingerprint density at radius 2 is 1.31 bits per heavy atom. The van der Waals surface area contributed by atoms with E-state index < -0.39 is 37.1 Å². The van der Waals surface area contributed by atoms with Crippen molar-refractivity contribution >= 4 is 0 Å². The van der Waals surface area contributed by atoms with E-state index in [9.17, 15) is 25.5 Å². The maximum absolute atomic E-state index is 10.9. The molecular weight excluding hydrogens is 444 g/mol. The molecule has 2 rings (SSSR count). The highest BCUT2D eigenvalue weighted by Crippen LogP contribution is 2.19. The van der Waals surface area contributed by atoms with Crippen LogP contribution in [-0.4, -0.2) is 67.8 Å². The van der Waals surface area contributed by atoms with Gasteiger partial charge >= 0.3 is 0 Å². The van der Waals surface area contributed by atoms with Crippen molar-refractivity contribution in [2.24, 2.45) is 0 Å². The summed E-state index contributed by atoms with van der Waals surface area (Å²) < 4.78 is 0. The number of hydrogen-bond donors (Lipinski definition) is 6. The zero-order valence-corrected chi connectivity index (χ0v) is 20.7. The fraction of sp³-hybridized carbons (Fsp3) is 0.483. The second-order valence-corrected chi connectivity index (χ2v) is 9.06. The predicted molar refractivity (Wildman–Crippen MR) is 137 cm³/mol. The summed E-state index contributed by atoms with van der Waals surface area (Å²) in [5.41, 5.74) is 7.91. The van der Waals surface area contributed by atoms with Crippen LogP contribution in [0, 0.1) is 0 Å². The van der Waals surface area contributed by atoms with E-state index in [0.717, 1.165) is 42.4 Å². The summed E-state index contributed by atoms with van der Waals surface area (Å²) in [7, 11) is 0. The first-order valence-corrected chi connectivity index (χ1v) is 12.4. The minimum atomic E-state index is -1.86. The molecule has 0 aliphatic heterocycles. The molecule has 0 aliphatic carbocycles. The molecule has 6 N–H and O–H groups in total. The fourth-order valence-corrected chi connectivity index (χ4v) is 4.08. The summed E-state index contributed by atoms with van der Waals surface area (Å²) in [6.45, 7) is 3.45. The van der Waals surface area contributed by atoms with Crippen LogP contribution in [0.3, 0.4) is 0 Å². The Morgan fingerprint density at radius 1 is 0.771 bits per heavy atom. The van der Waals surface area contributed by atoms with Crippen molar-refractivity contribution in [2.45, 2.75) is 82.9 Å². The van der Waals surface area contributed by atoms with Crippen molar-refractivity contribution in [3.63, 3.8) is 0 Å². The average molecular weight is 485 g/mol. The Hall–Kier alpha value is -2.28. The smallest absolute Gasteiger partial charge is 0.113 e. The van der Waals surface area contributed by atoms with Gasteiger partial charge in [-0.1, -0.05) is 75.2 Å². The number of rotatable bonds is 14. The molecule has 2 aromatic carbocycles. The molecule has 6 nitrogen and oxygen atoms in total. The fourth-order valence-electron chi connectivity index (χ4n) is 4.08. The van der Waals surface area contributed by atoms with E-state index in [4.69, 9.17) is 5.11 Å². The molecule has 0 amide bonds. The van der Waals surface area contributed by atoms with Crippen molar-refractivity contribution in [2.75, 3.05) is 6.61 Å². The molecule has 5 atom stereocenters. The Kier molecular flexibility index (Phi) is 12.4.